The van der Waals surface area contributed by atoms with E-state index in [-0.39, 0.29) is 65.3 Å². The second-order valence-corrected chi connectivity index (χ2v) is 12.0. The fourth-order valence-corrected chi connectivity index (χ4v) is 6.99. The van der Waals surface area contributed by atoms with Crippen LogP contribution in [0.15, 0.2) is 29.2 Å². The van der Waals surface area contributed by atoms with Crippen LogP contribution in [0.5, 0.6) is 0 Å². The fourth-order valence-electron chi connectivity index (χ4n) is 6.99. The molecule has 2 atom stereocenters. The van der Waals surface area contributed by atoms with Crippen LogP contribution < -0.4 is 5.56 Å². The zero-order valence-electron chi connectivity index (χ0n) is 21.6. The lowest BCUT2D eigenvalue weighted by Gasteiger charge is -2.70. The molecule has 212 valence electrons. The van der Waals surface area contributed by atoms with Crippen molar-refractivity contribution < 1.29 is 31.1 Å². The van der Waals surface area contributed by atoms with Crippen LogP contribution in [-0.2, 0) is 16.3 Å². The molecule has 5 aliphatic rings. The molecule has 0 amide bonds. The number of hydrogen-bond donors (Lipinski definition) is 0. The van der Waals surface area contributed by atoms with Gasteiger partial charge in [-0.2, -0.15) is 26.3 Å². The van der Waals surface area contributed by atoms with Crippen molar-refractivity contribution in [3.05, 3.63) is 63.1 Å². The molecule has 0 spiro atoms. The standard InChI is InChI=1S/C28H26F6N4O2/c1-14-19(27(29,30)31)9-18-22(25-11-26(12-25,13-25)28(32,33)34)36-23(37-24(18)35-14)15-6-7-40-20(8-15)16-2-5-21(39)38(10-16)17-3-4-17/h2,5,9-10,15,17,20H,3-4,6-8,11-13H2,1H3/t15-,20+,25?,26?/m0/s1. The molecule has 8 rings (SSSR count). The number of pyridine rings is 2. The first-order chi connectivity index (χ1) is 18.8. The third-order valence-corrected chi connectivity index (χ3v) is 9.26. The maximum absolute atomic E-state index is 13.7. The maximum Gasteiger partial charge on any atom is 0.418 e. The van der Waals surface area contributed by atoms with Gasteiger partial charge in [0.15, 0.2) is 5.65 Å². The molecule has 0 unspecified atom stereocenters. The normalized spacial score (nSPS) is 30.2. The molecule has 12 heteroatoms. The molecule has 1 aliphatic heterocycles. The molecule has 6 nitrogen and oxygen atoms in total. The Morgan fingerprint density at radius 1 is 1.00 bits per heavy atom. The van der Waals surface area contributed by atoms with E-state index in [0.717, 1.165) is 24.5 Å². The summed E-state index contributed by atoms with van der Waals surface area (Å²) in [5, 5.41) is 0.0669. The van der Waals surface area contributed by atoms with Gasteiger partial charge in [-0.1, -0.05) is 0 Å². The summed E-state index contributed by atoms with van der Waals surface area (Å²) in [6.07, 6.45) is -5.22. The number of ether oxygens (including phenoxy) is 1. The second kappa shape index (κ2) is 8.27. The van der Waals surface area contributed by atoms with Gasteiger partial charge in [-0.25, -0.2) is 15.0 Å². The van der Waals surface area contributed by atoms with Crippen LogP contribution in [0.2, 0.25) is 0 Å². The maximum atomic E-state index is 13.7. The molecular weight excluding hydrogens is 538 g/mol. The van der Waals surface area contributed by atoms with E-state index in [1.807, 2.05) is 6.20 Å². The van der Waals surface area contributed by atoms with Gasteiger partial charge in [0.1, 0.15) is 5.82 Å². The number of halogens is 6. The lowest BCUT2D eigenvalue weighted by atomic mass is 9.33. The highest BCUT2D eigenvalue weighted by Crippen LogP contribution is 2.78. The van der Waals surface area contributed by atoms with Crippen molar-refractivity contribution in [3.63, 3.8) is 0 Å². The number of aromatic nitrogens is 4. The van der Waals surface area contributed by atoms with Gasteiger partial charge in [0.05, 0.1) is 28.5 Å². The first-order valence-corrected chi connectivity index (χ1v) is 13.5. The largest absolute Gasteiger partial charge is 0.418 e. The Morgan fingerprint density at radius 3 is 2.38 bits per heavy atom. The molecule has 4 saturated carbocycles. The van der Waals surface area contributed by atoms with Crippen molar-refractivity contribution >= 4 is 11.0 Å². The van der Waals surface area contributed by atoms with Crippen LogP contribution in [-0.4, -0.2) is 32.3 Å². The smallest absolute Gasteiger partial charge is 0.373 e. The summed E-state index contributed by atoms with van der Waals surface area (Å²) in [5.41, 5.74) is -2.83. The van der Waals surface area contributed by atoms with E-state index in [2.05, 4.69) is 9.97 Å². The molecule has 4 heterocycles. The molecule has 5 fully saturated rings. The Kier molecular flexibility index (Phi) is 5.36. The molecular formula is C28H26F6N4O2. The van der Waals surface area contributed by atoms with Crippen LogP contribution in [0.1, 0.15) is 91.3 Å². The van der Waals surface area contributed by atoms with E-state index < -0.39 is 28.7 Å². The molecule has 0 radical (unpaired) electrons. The van der Waals surface area contributed by atoms with E-state index >= 15 is 0 Å². The predicted octanol–water partition coefficient (Wildman–Crippen LogP) is 6.47. The minimum Gasteiger partial charge on any atom is -0.373 e. The van der Waals surface area contributed by atoms with Gasteiger partial charge >= 0.3 is 12.4 Å². The topological polar surface area (TPSA) is 69.9 Å². The van der Waals surface area contributed by atoms with Crippen molar-refractivity contribution in [2.75, 3.05) is 6.61 Å². The first-order valence-electron chi connectivity index (χ1n) is 13.5. The van der Waals surface area contributed by atoms with Crippen LogP contribution in [0.3, 0.4) is 0 Å². The van der Waals surface area contributed by atoms with Crippen molar-refractivity contribution in [3.8, 4) is 0 Å². The van der Waals surface area contributed by atoms with Crippen LogP contribution in [0.25, 0.3) is 11.0 Å². The summed E-state index contributed by atoms with van der Waals surface area (Å²) in [4.78, 5) is 25.7. The SMILES string of the molecule is Cc1nc2nc([C@H]3CCO[C@@H](c4ccc(=O)n(C5CC5)c4)C3)nc(C34CC(C(F)(F)F)(C3)C4)c2cc1C(F)(F)F. The summed E-state index contributed by atoms with van der Waals surface area (Å²) in [7, 11) is 0. The second-order valence-electron chi connectivity index (χ2n) is 12.0. The van der Waals surface area contributed by atoms with Gasteiger partial charge in [0.2, 0.25) is 0 Å². The highest BCUT2D eigenvalue weighted by atomic mass is 19.4. The summed E-state index contributed by atoms with van der Waals surface area (Å²) in [6.45, 7) is 1.62. The Morgan fingerprint density at radius 2 is 1.73 bits per heavy atom. The fraction of sp³-hybridized carbons (Fsp3) is 0.571. The highest BCUT2D eigenvalue weighted by molar-refractivity contribution is 5.81. The van der Waals surface area contributed by atoms with Crippen LogP contribution >= 0.6 is 0 Å². The summed E-state index contributed by atoms with van der Waals surface area (Å²) in [5.74, 6) is 0.125. The van der Waals surface area contributed by atoms with Gasteiger partial charge in [-0.15, -0.1) is 0 Å². The van der Waals surface area contributed by atoms with Gasteiger partial charge in [0.25, 0.3) is 5.56 Å². The Bertz CT molecular complexity index is 1570. The molecule has 2 bridgehead atoms. The molecule has 0 N–H and O–H groups in total. The summed E-state index contributed by atoms with van der Waals surface area (Å²) < 4.78 is 89.9. The molecule has 3 aromatic heterocycles. The highest BCUT2D eigenvalue weighted by Gasteiger charge is 2.79. The van der Waals surface area contributed by atoms with Gasteiger partial charge in [-0.05, 0) is 69.6 Å². The lowest BCUT2D eigenvalue weighted by Crippen LogP contribution is -2.70. The average molecular weight is 565 g/mol. The van der Waals surface area contributed by atoms with Crippen LogP contribution in [0, 0.1) is 12.3 Å². The molecule has 0 aromatic carbocycles. The number of nitrogens with zero attached hydrogens (tertiary/aromatic N) is 4. The van der Waals surface area contributed by atoms with E-state index in [4.69, 9.17) is 9.72 Å². The minimum atomic E-state index is -4.67. The van der Waals surface area contributed by atoms with Crippen molar-refractivity contribution in [1.29, 1.82) is 0 Å². The van der Waals surface area contributed by atoms with E-state index in [0.29, 0.717) is 25.3 Å². The number of rotatable bonds is 4. The summed E-state index contributed by atoms with van der Waals surface area (Å²) >= 11 is 0. The lowest BCUT2D eigenvalue weighted by molar-refractivity contribution is -0.337. The number of aryl methyl sites for hydroxylation is 1. The third kappa shape index (κ3) is 3.88. The predicted molar refractivity (Wildman–Crippen MR) is 131 cm³/mol. The van der Waals surface area contributed by atoms with Crippen molar-refractivity contribution in [2.45, 2.75) is 87.7 Å². The number of fused-ring (bicyclic) bond motifs is 1. The molecule has 3 aromatic rings. The molecule has 1 saturated heterocycles. The van der Waals surface area contributed by atoms with E-state index in [1.165, 1.54) is 13.0 Å². The quantitative estimate of drug-likeness (QED) is 0.340. The number of alkyl halides is 6. The summed E-state index contributed by atoms with van der Waals surface area (Å²) in [6, 6.07) is 4.41. The zero-order valence-corrected chi connectivity index (χ0v) is 21.6. The van der Waals surface area contributed by atoms with E-state index in [1.54, 1.807) is 10.6 Å². The van der Waals surface area contributed by atoms with Gasteiger partial charge < -0.3 is 9.30 Å². The van der Waals surface area contributed by atoms with E-state index in [9.17, 15) is 31.1 Å². The third-order valence-electron chi connectivity index (χ3n) is 9.26. The van der Waals surface area contributed by atoms with Crippen molar-refractivity contribution in [2.24, 2.45) is 5.41 Å². The number of hydrogen-bond acceptors (Lipinski definition) is 5. The first kappa shape index (κ1) is 25.9. The molecule has 40 heavy (non-hydrogen) atoms. The van der Waals surface area contributed by atoms with Crippen LogP contribution in [0.4, 0.5) is 26.3 Å². The zero-order chi connectivity index (χ0) is 28.2. The van der Waals surface area contributed by atoms with Gasteiger partial charge in [0, 0.05) is 41.6 Å². The van der Waals surface area contributed by atoms with Crippen molar-refractivity contribution in [1.82, 2.24) is 19.5 Å². The Balaban J connectivity index is 1.27. The monoisotopic (exact) mass is 564 g/mol. The Hall–Kier alpha value is -3.02. The van der Waals surface area contributed by atoms with Gasteiger partial charge in [-0.3, -0.25) is 4.79 Å². The molecule has 4 aliphatic carbocycles. The average Bonchev–Trinajstić information content (AvgIpc) is 3.66. The Labute approximate surface area is 224 Å². The minimum absolute atomic E-state index is 0.0669.